The van der Waals surface area contributed by atoms with Crippen molar-refractivity contribution in [3.63, 3.8) is 0 Å². The average Bonchev–Trinajstić information content (AvgIpc) is 2.37. The maximum atomic E-state index is 13.2. The Morgan fingerprint density at radius 1 is 1.16 bits per heavy atom. The molecule has 0 bridgehead atoms. The van der Waals surface area contributed by atoms with Gasteiger partial charge in [0, 0.05) is 6.04 Å². The quantitative estimate of drug-likeness (QED) is 0.910. The van der Waals surface area contributed by atoms with Crippen molar-refractivity contribution in [2.75, 3.05) is 20.1 Å². The molecule has 106 valence electrons. The van der Waals surface area contributed by atoms with Gasteiger partial charge in [0.15, 0.2) is 0 Å². The standard InChI is InChI=1S/C14H19F3N2/c1-19-9-7-12(8-10-19)18-13(14(15,16)17)11-5-3-2-4-6-11/h2-6,12-13,18H,7-10H2,1H3. The van der Waals surface area contributed by atoms with Crippen LogP contribution in [0, 0.1) is 0 Å². The highest BCUT2D eigenvalue weighted by Gasteiger charge is 2.41. The first-order valence-corrected chi connectivity index (χ1v) is 6.53. The van der Waals surface area contributed by atoms with Crippen molar-refractivity contribution in [3.8, 4) is 0 Å². The van der Waals surface area contributed by atoms with Gasteiger partial charge in [-0.3, -0.25) is 5.32 Å². The fourth-order valence-electron chi connectivity index (χ4n) is 2.44. The number of hydrogen-bond acceptors (Lipinski definition) is 2. The maximum absolute atomic E-state index is 13.2. The Balaban J connectivity index is 2.07. The average molecular weight is 272 g/mol. The topological polar surface area (TPSA) is 15.3 Å². The lowest BCUT2D eigenvalue weighted by Crippen LogP contribution is -2.46. The third kappa shape index (κ3) is 3.94. The van der Waals surface area contributed by atoms with Crippen molar-refractivity contribution in [3.05, 3.63) is 35.9 Å². The van der Waals surface area contributed by atoms with Crippen LogP contribution in [0.1, 0.15) is 24.4 Å². The predicted octanol–water partition coefficient (Wildman–Crippen LogP) is 2.97. The van der Waals surface area contributed by atoms with Crippen LogP contribution < -0.4 is 5.32 Å². The van der Waals surface area contributed by atoms with E-state index in [4.69, 9.17) is 0 Å². The first-order chi connectivity index (χ1) is 8.97. The van der Waals surface area contributed by atoms with E-state index in [9.17, 15) is 13.2 Å². The van der Waals surface area contributed by atoms with Crippen molar-refractivity contribution >= 4 is 0 Å². The van der Waals surface area contributed by atoms with Gasteiger partial charge in [0.05, 0.1) is 0 Å². The zero-order valence-corrected chi connectivity index (χ0v) is 11.0. The van der Waals surface area contributed by atoms with E-state index < -0.39 is 12.2 Å². The molecule has 1 saturated heterocycles. The van der Waals surface area contributed by atoms with Crippen molar-refractivity contribution in [1.29, 1.82) is 0 Å². The van der Waals surface area contributed by atoms with Crippen LogP contribution in [0.2, 0.25) is 0 Å². The van der Waals surface area contributed by atoms with E-state index in [0.717, 1.165) is 25.9 Å². The van der Waals surface area contributed by atoms with Crippen LogP contribution in [-0.2, 0) is 0 Å². The van der Waals surface area contributed by atoms with Gasteiger partial charge in [-0.25, -0.2) is 0 Å². The molecule has 1 atom stereocenters. The summed E-state index contributed by atoms with van der Waals surface area (Å²) in [6.45, 7) is 1.69. The van der Waals surface area contributed by atoms with Gasteiger partial charge in [-0.1, -0.05) is 30.3 Å². The fourth-order valence-corrected chi connectivity index (χ4v) is 2.44. The number of nitrogens with one attached hydrogen (secondary N) is 1. The molecule has 1 aromatic carbocycles. The van der Waals surface area contributed by atoms with E-state index in [-0.39, 0.29) is 11.6 Å². The molecule has 0 aromatic heterocycles. The van der Waals surface area contributed by atoms with Crippen LogP contribution in [0.4, 0.5) is 13.2 Å². The first-order valence-electron chi connectivity index (χ1n) is 6.53. The maximum Gasteiger partial charge on any atom is 0.407 e. The zero-order valence-electron chi connectivity index (χ0n) is 11.0. The Labute approximate surface area is 111 Å². The summed E-state index contributed by atoms with van der Waals surface area (Å²) in [5.74, 6) is 0. The van der Waals surface area contributed by atoms with E-state index in [1.54, 1.807) is 18.2 Å². The summed E-state index contributed by atoms with van der Waals surface area (Å²) in [4.78, 5) is 2.14. The van der Waals surface area contributed by atoms with Crippen molar-refractivity contribution in [2.45, 2.75) is 31.1 Å². The highest BCUT2D eigenvalue weighted by atomic mass is 19.4. The smallest absolute Gasteiger partial charge is 0.306 e. The number of benzene rings is 1. The number of hydrogen-bond donors (Lipinski definition) is 1. The lowest BCUT2D eigenvalue weighted by atomic mass is 10.0. The molecule has 1 aliphatic heterocycles. The number of alkyl halides is 3. The highest BCUT2D eigenvalue weighted by Crippen LogP contribution is 2.33. The molecular formula is C14H19F3N2. The summed E-state index contributed by atoms with van der Waals surface area (Å²) in [5.41, 5.74) is 0.286. The van der Waals surface area contributed by atoms with Gasteiger partial charge < -0.3 is 4.90 Å². The molecule has 1 aliphatic rings. The molecule has 1 aromatic rings. The molecule has 0 amide bonds. The number of likely N-dealkylation sites (tertiary alicyclic amines) is 1. The molecule has 19 heavy (non-hydrogen) atoms. The Hall–Kier alpha value is -1.07. The zero-order chi connectivity index (χ0) is 13.9. The van der Waals surface area contributed by atoms with Gasteiger partial charge in [-0.15, -0.1) is 0 Å². The number of halogens is 3. The Morgan fingerprint density at radius 3 is 2.26 bits per heavy atom. The second-order valence-electron chi connectivity index (χ2n) is 5.13. The van der Waals surface area contributed by atoms with Crippen LogP contribution in [0.3, 0.4) is 0 Å². The van der Waals surface area contributed by atoms with E-state index in [1.807, 2.05) is 7.05 Å². The Kier molecular flexibility index (Phi) is 4.47. The van der Waals surface area contributed by atoms with E-state index in [0.29, 0.717) is 0 Å². The minimum Gasteiger partial charge on any atom is -0.306 e. The third-order valence-electron chi connectivity index (χ3n) is 3.58. The molecule has 5 heteroatoms. The van der Waals surface area contributed by atoms with Gasteiger partial charge in [0.25, 0.3) is 0 Å². The third-order valence-corrected chi connectivity index (χ3v) is 3.58. The van der Waals surface area contributed by atoms with Crippen molar-refractivity contribution in [2.24, 2.45) is 0 Å². The molecule has 2 rings (SSSR count). The Bertz CT molecular complexity index is 383. The van der Waals surface area contributed by atoms with Gasteiger partial charge in [-0.2, -0.15) is 13.2 Å². The predicted molar refractivity (Wildman–Crippen MR) is 68.9 cm³/mol. The lowest BCUT2D eigenvalue weighted by Gasteiger charge is -2.33. The minimum absolute atomic E-state index is 0.0666. The van der Waals surface area contributed by atoms with Crippen LogP contribution in [0.15, 0.2) is 30.3 Å². The van der Waals surface area contributed by atoms with Gasteiger partial charge >= 0.3 is 6.18 Å². The van der Waals surface area contributed by atoms with Crippen LogP contribution >= 0.6 is 0 Å². The molecule has 0 spiro atoms. The largest absolute Gasteiger partial charge is 0.407 e. The monoisotopic (exact) mass is 272 g/mol. The molecule has 1 fully saturated rings. The normalized spacial score (nSPS) is 20.4. The fraction of sp³-hybridized carbons (Fsp3) is 0.571. The second-order valence-corrected chi connectivity index (χ2v) is 5.13. The minimum atomic E-state index is -4.26. The SMILES string of the molecule is CN1CCC(NC(c2ccccc2)C(F)(F)F)CC1. The molecule has 0 radical (unpaired) electrons. The number of rotatable bonds is 3. The van der Waals surface area contributed by atoms with E-state index in [2.05, 4.69) is 10.2 Å². The lowest BCUT2D eigenvalue weighted by molar-refractivity contribution is -0.160. The molecule has 0 aliphatic carbocycles. The molecule has 1 N–H and O–H groups in total. The molecule has 1 unspecified atom stereocenters. The molecular weight excluding hydrogens is 253 g/mol. The second kappa shape index (κ2) is 5.92. The summed E-state index contributed by atoms with van der Waals surface area (Å²) in [6, 6.07) is 6.44. The van der Waals surface area contributed by atoms with E-state index in [1.165, 1.54) is 12.1 Å². The van der Waals surface area contributed by atoms with E-state index >= 15 is 0 Å². The van der Waals surface area contributed by atoms with Crippen molar-refractivity contribution < 1.29 is 13.2 Å². The van der Waals surface area contributed by atoms with Crippen LogP contribution in [0.5, 0.6) is 0 Å². The summed E-state index contributed by atoms with van der Waals surface area (Å²) in [6.07, 6.45) is -2.74. The summed E-state index contributed by atoms with van der Waals surface area (Å²) in [5, 5.41) is 2.78. The molecule has 1 heterocycles. The van der Waals surface area contributed by atoms with Gasteiger partial charge in [0.2, 0.25) is 0 Å². The van der Waals surface area contributed by atoms with Crippen LogP contribution in [0.25, 0.3) is 0 Å². The Morgan fingerprint density at radius 2 is 1.74 bits per heavy atom. The highest BCUT2D eigenvalue weighted by molar-refractivity contribution is 5.20. The van der Waals surface area contributed by atoms with Gasteiger partial charge in [0.1, 0.15) is 6.04 Å². The van der Waals surface area contributed by atoms with Crippen LogP contribution in [-0.4, -0.2) is 37.3 Å². The molecule has 0 saturated carbocycles. The number of nitrogens with zero attached hydrogens (tertiary/aromatic N) is 1. The molecule has 2 nitrogen and oxygen atoms in total. The number of piperidine rings is 1. The first kappa shape index (κ1) is 14.3. The summed E-state index contributed by atoms with van der Waals surface area (Å²) in [7, 11) is 1.99. The summed E-state index contributed by atoms with van der Waals surface area (Å²) < 4.78 is 39.5. The van der Waals surface area contributed by atoms with Gasteiger partial charge in [-0.05, 0) is 38.5 Å². The summed E-state index contributed by atoms with van der Waals surface area (Å²) >= 11 is 0. The van der Waals surface area contributed by atoms with Crippen molar-refractivity contribution in [1.82, 2.24) is 10.2 Å².